The summed E-state index contributed by atoms with van der Waals surface area (Å²) in [6.45, 7) is 1.64. The van der Waals surface area contributed by atoms with Gasteiger partial charge in [0.2, 0.25) is 0 Å². The Hall–Kier alpha value is 0.0700. The van der Waals surface area contributed by atoms with Crippen LogP contribution in [0.5, 0.6) is 0 Å². The van der Waals surface area contributed by atoms with Gasteiger partial charge in [0.15, 0.2) is 0 Å². The normalized spacial score (nSPS) is 41.9. The van der Waals surface area contributed by atoms with E-state index in [9.17, 15) is 9.67 Å². The molecule has 1 aliphatic heterocycles. The lowest BCUT2D eigenvalue weighted by atomic mass is 10.2. The molecule has 0 bridgehead atoms. The van der Waals surface area contributed by atoms with Gasteiger partial charge >= 0.3 is 7.60 Å². The topological polar surface area (TPSA) is 76.0 Å². The van der Waals surface area contributed by atoms with E-state index >= 15 is 0 Å². The predicted octanol–water partition coefficient (Wildman–Crippen LogP) is -0.0320. The lowest BCUT2D eigenvalue weighted by Crippen LogP contribution is -2.26. The predicted molar refractivity (Wildman–Crippen MR) is 42.1 cm³/mol. The highest BCUT2D eigenvalue weighted by atomic mass is 31.2. The zero-order valence-electron chi connectivity index (χ0n) is 6.84. The molecule has 1 heterocycles. The van der Waals surface area contributed by atoms with Crippen molar-refractivity contribution < 1.29 is 23.8 Å². The van der Waals surface area contributed by atoms with Gasteiger partial charge in [-0.15, -0.1) is 0 Å². The van der Waals surface area contributed by atoms with E-state index in [2.05, 4.69) is 0 Å². The fourth-order valence-electron chi connectivity index (χ4n) is 1.10. The number of rotatable bonds is 3. The molecule has 72 valence electrons. The van der Waals surface area contributed by atoms with Crippen molar-refractivity contribution in [3.05, 3.63) is 0 Å². The van der Waals surface area contributed by atoms with Crippen LogP contribution in [0.4, 0.5) is 0 Å². The summed E-state index contributed by atoms with van der Waals surface area (Å²) in [6, 6.07) is 0. The van der Waals surface area contributed by atoms with Crippen molar-refractivity contribution >= 4 is 7.60 Å². The maximum Gasteiger partial charge on any atom is 0.333 e. The average molecular weight is 196 g/mol. The van der Waals surface area contributed by atoms with E-state index in [1.165, 1.54) is 0 Å². The highest BCUT2D eigenvalue weighted by Gasteiger charge is 2.42. The molecule has 0 aromatic carbocycles. The fraction of sp³-hybridized carbons (Fsp3) is 1.00. The van der Waals surface area contributed by atoms with Crippen LogP contribution >= 0.6 is 7.60 Å². The van der Waals surface area contributed by atoms with Crippen LogP contribution in [0.3, 0.4) is 0 Å². The maximum absolute atomic E-state index is 11.5. The average Bonchev–Trinajstić information content (AvgIpc) is 2.27. The SMILES string of the molecule is CCOP1(=O)C[C@H](O)[C@@H](CO)O1. The van der Waals surface area contributed by atoms with Crippen molar-refractivity contribution in [2.24, 2.45) is 0 Å². The van der Waals surface area contributed by atoms with E-state index in [1.807, 2.05) is 0 Å². The highest BCUT2D eigenvalue weighted by molar-refractivity contribution is 7.54. The Kier molecular flexibility index (Phi) is 3.26. The van der Waals surface area contributed by atoms with Crippen LogP contribution in [0.25, 0.3) is 0 Å². The molecule has 0 aromatic heterocycles. The Morgan fingerprint density at radius 3 is 2.83 bits per heavy atom. The van der Waals surface area contributed by atoms with Crippen LogP contribution in [-0.2, 0) is 13.6 Å². The zero-order chi connectivity index (χ0) is 9.19. The lowest BCUT2D eigenvalue weighted by molar-refractivity contribution is 0.0341. The Balaban J connectivity index is 2.57. The third kappa shape index (κ3) is 2.06. The van der Waals surface area contributed by atoms with Crippen LogP contribution in [0.15, 0.2) is 0 Å². The molecule has 0 aromatic rings. The summed E-state index contributed by atoms with van der Waals surface area (Å²) < 4.78 is 21.2. The molecule has 0 radical (unpaired) electrons. The Morgan fingerprint density at radius 2 is 2.42 bits per heavy atom. The number of hydrogen-bond donors (Lipinski definition) is 2. The summed E-state index contributed by atoms with van der Waals surface area (Å²) >= 11 is 0. The molecule has 0 aliphatic carbocycles. The van der Waals surface area contributed by atoms with Crippen molar-refractivity contribution in [2.45, 2.75) is 19.1 Å². The Bertz CT molecular complexity index is 194. The van der Waals surface area contributed by atoms with Gasteiger partial charge in [-0.1, -0.05) is 0 Å². The number of aliphatic hydroxyl groups excluding tert-OH is 2. The molecule has 12 heavy (non-hydrogen) atoms. The molecule has 5 nitrogen and oxygen atoms in total. The molecule has 2 N–H and O–H groups in total. The summed E-state index contributed by atoms with van der Waals surface area (Å²) in [7, 11) is -3.11. The fourth-order valence-corrected chi connectivity index (χ4v) is 3.06. The van der Waals surface area contributed by atoms with Gasteiger partial charge in [-0.25, -0.2) is 0 Å². The molecule has 0 spiro atoms. The van der Waals surface area contributed by atoms with Crippen molar-refractivity contribution in [1.82, 2.24) is 0 Å². The van der Waals surface area contributed by atoms with Crippen molar-refractivity contribution in [1.29, 1.82) is 0 Å². The van der Waals surface area contributed by atoms with Crippen LogP contribution in [0, 0.1) is 0 Å². The van der Waals surface area contributed by atoms with Gasteiger partial charge in [-0.3, -0.25) is 9.09 Å². The summed E-state index contributed by atoms with van der Waals surface area (Å²) in [5.74, 6) is 0. The van der Waals surface area contributed by atoms with Crippen molar-refractivity contribution in [3.8, 4) is 0 Å². The molecule has 1 rings (SSSR count). The maximum atomic E-state index is 11.5. The molecule has 1 fully saturated rings. The van der Waals surface area contributed by atoms with Crippen molar-refractivity contribution in [3.63, 3.8) is 0 Å². The minimum Gasteiger partial charge on any atom is -0.394 e. The summed E-state index contributed by atoms with van der Waals surface area (Å²) in [4.78, 5) is 0. The van der Waals surface area contributed by atoms with Gasteiger partial charge in [-0.2, -0.15) is 0 Å². The first-order chi connectivity index (χ1) is 5.61. The van der Waals surface area contributed by atoms with Gasteiger partial charge in [0.1, 0.15) is 6.10 Å². The summed E-state index contributed by atoms with van der Waals surface area (Å²) in [5, 5.41) is 17.9. The number of aliphatic hydroxyl groups is 2. The second-order valence-electron chi connectivity index (χ2n) is 2.61. The first-order valence-electron chi connectivity index (χ1n) is 3.82. The molecular weight excluding hydrogens is 183 g/mol. The largest absolute Gasteiger partial charge is 0.394 e. The Labute approximate surface area is 70.8 Å². The third-order valence-corrected chi connectivity index (χ3v) is 3.71. The molecular formula is C6H13O5P. The van der Waals surface area contributed by atoms with Crippen LogP contribution in [0.2, 0.25) is 0 Å². The minimum absolute atomic E-state index is 0.0218. The van der Waals surface area contributed by atoms with Gasteiger partial charge in [0, 0.05) is 0 Å². The first-order valence-corrected chi connectivity index (χ1v) is 5.55. The zero-order valence-corrected chi connectivity index (χ0v) is 7.74. The molecule has 1 aliphatic rings. The van der Waals surface area contributed by atoms with Gasteiger partial charge < -0.3 is 14.7 Å². The summed E-state index contributed by atoms with van der Waals surface area (Å²) in [5.41, 5.74) is 0. The molecule has 0 amide bonds. The van der Waals surface area contributed by atoms with Crippen molar-refractivity contribution in [2.75, 3.05) is 19.4 Å². The number of hydrogen-bond acceptors (Lipinski definition) is 5. The molecule has 0 saturated carbocycles. The van der Waals surface area contributed by atoms with E-state index in [-0.39, 0.29) is 19.4 Å². The van der Waals surface area contributed by atoms with E-state index in [0.717, 1.165) is 0 Å². The summed E-state index contributed by atoms with van der Waals surface area (Å²) in [6.07, 6.45) is -1.67. The molecule has 1 unspecified atom stereocenters. The van der Waals surface area contributed by atoms with Crippen LogP contribution in [0.1, 0.15) is 6.92 Å². The standard InChI is InChI=1S/C6H13O5P/c1-2-10-12(9)4-5(8)6(3-7)11-12/h5-8H,2-4H2,1H3/t5-,6+,12?/m0/s1. The third-order valence-electron chi connectivity index (χ3n) is 1.64. The molecule has 1 saturated heterocycles. The minimum atomic E-state index is -3.11. The smallest absolute Gasteiger partial charge is 0.333 e. The van der Waals surface area contributed by atoms with Crippen LogP contribution < -0.4 is 0 Å². The molecule has 6 heteroatoms. The first kappa shape index (κ1) is 10.2. The van der Waals surface area contributed by atoms with Crippen LogP contribution in [-0.4, -0.2) is 41.8 Å². The van der Waals surface area contributed by atoms with E-state index in [4.69, 9.17) is 14.2 Å². The second-order valence-corrected chi connectivity index (χ2v) is 4.66. The second kappa shape index (κ2) is 3.85. The Morgan fingerprint density at radius 1 is 1.75 bits per heavy atom. The lowest BCUT2D eigenvalue weighted by Gasteiger charge is -2.10. The van der Waals surface area contributed by atoms with E-state index < -0.39 is 19.8 Å². The monoisotopic (exact) mass is 196 g/mol. The van der Waals surface area contributed by atoms with E-state index in [1.54, 1.807) is 6.92 Å². The highest BCUT2D eigenvalue weighted by Crippen LogP contribution is 2.54. The van der Waals surface area contributed by atoms with E-state index in [0.29, 0.717) is 0 Å². The molecule has 3 atom stereocenters. The quantitative estimate of drug-likeness (QED) is 0.620. The van der Waals surface area contributed by atoms with Gasteiger partial charge in [-0.05, 0) is 6.92 Å². The van der Waals surface area contributed by atoms with Gasteiger partial charge in [0.25, 0.3) is 0 Å². The van der Waals surface area contributed by atoms with Gasteiger partial charge in [0.05, 0.1) is 25.5 Å².